The van der Waals surface area contributed by atoms with Crippen LogP contribution in [0.3, 0.4) is 0 Å². The Bertz CT molecular complexity index is 538. The first-order chi connectivity index (χ1) is 9.83. The summed E-state index contributed by atoms with van der Waals surface area (Å²) >= 11 is 0. The number of methoxy groups -OCH3 is 1. The van der Waals surface area contributed by atoms with Gasteiger partial charge in [0.15, 0.2) is 0 Å². The number of rotatable bonds is 6. The molecule has 0 saturated carbocycles. The molecule has 0 heterocycles. The number of aliphatic carboxylic acids is 1. The Hall–Kier alpha value is -2.44. The molecule has 0 aliphatic rings. The summed E-state index contributed by atoms with van der Waals surface area (Å²) in [6.45, 7) is 1.62. The summed E-state index contributed by atoms with van der Waals surface area (Å²) in [5.74, 6) is -3.14. The Balaban J connectivity index is 2.76. The molecule has 21 heavy (non-hydrogen) atoms. The van der Waals surface area contributed by atoms with E-state index in [0.717, 1.165) is 6.07 Å². The fraction of sp³-hybridized carbons (Fsp3) is 0.357. The van der Waals surface area contributed by atoms with Gasteiger partial charge in [0.2, 0.25) is 0 Å². The maximum Gasteiger partial charge on any atom is 0.326 e. The normalized spacial score (nSPS) is 11.6. The van der Waals surface area contributed by atoms with Crippen molar-refractivity contribution in [2.45, 2.75) is 25.8 Å². The first kappa shape index (κ1) is 16.6. The molecule has 1 aromatic rings. The molecule has 0 bridgehead atoms. The van der Waals surface area contributed by atoms with Gasteiger partial charge in [0, 0.05) is 12.0 Å². The second-order valence-corrected chi connectivity index (χ2v) is 4.50. The van der Waals surface area contributed by atoms with Crippen molar-refractivity contribution in [2.75, 3.05) is 7.11 Å². The van der Waals surface area contributed by atoms with Crippen LogP contribution in [0.15, 0.2) is 18.2 Å². The molecule has 7 heteroatoms. The Morgan fingerprint density at radius 3 is 2.52 bits per heavy atom. The van der Waals surface area contributed by atoms with Gasteiger partial charge in [-0.1, -0.05) is 0 Å². The van der Waals surface area contributed by atoms with Gasteiger partial charge >= 0.3 is 11.9 Å². The van der Waals surface area contributed by atoms with Crippen molar-refractivity contribution in [2.24, 2.45) is 0 Å². The van der Waals surface area contributed by atoms with Crippen molar-refractivity contribution in [1.82, 2.24) is 5.32 Å². The lowest BCUT2D eigenvalue weighted by Gasteiger charge is -2.14. The summed E-state index contributed by atoms with van der Waals surface area (Å²) in [4.78, 5) is 34.0. The number of nitrogens with one attached hydrogen (secondary N) is 1. The molecule has 1 aromatic carbocycles. The minimum atomic E-state index is -1.28. The zero-order valence-corrected chi connectivity index (χ0v) is 11.7. The van der Waals surface area contributed by atoms with E-state index in [4.69, 9.17) is 5.11 Å². The zero-order valence-electron chi connectivity index (χ0n) is 11.7. The molecule has 0 saturated heterocycles. The maximum atomic E-state index is 13.2. The molecule has 6 nitrogen and oxygen atoms in total. The van der Waals surface area contributed by atoms with Crippen LogP contribution in [0.2, 0.25) is 0 Å². The number of esters is 1. The molecule has 0 fully saturated rings. The number of amides is 1. The van der Waals surface area contributed by atoms with E-state index in [2.05, 4.69) is 10.1 Å². The highest BCUT2D eigenvalue weighted by atomic mass is 19.1. The highest BCUT2D eigenvalue weighted by Gasteiger charge is 2.22. The van der Waals surface area contributed by atoms with Crippen LogP contribution in [0.1, 0.15) is 28.8 Å². The Labute approximate surface area is 120 Å². The average Bonchev–Trinajstić information content (AvgIpc) is 2.41. The Morgan fingerprint density at radius 1 is 1.33 bits per heavy atom. The van der Waals surface area contributed by atoms with E-state index >= 15 is 0 Å². The van der Waals surface area contributed by atoms with E-state index in [1.807, 2.05) is 0 Å². The largest absolute Gasteiger partial charge is 0.480 e. The monoisotopic (exact) mass is 297 g/mol. The Morgan fingerprint density at radius 2 is 2.00 bits per heavy atom. The van der Waals surface area contributed by atoms with Gasteiger partial charge in [-0.15, -0.1) is 0 Å². The first-order valence-corrected chi connectivity index (χ1v) is 6.21. The summed E-state index contributed by atoms with van der Waals surface area (Å²) in [5, 5.41) is 11.3. The summed E-state index contributed by atoms with van der Waals surface area (Å²) in [5.41, 5.74) is 0.568. The van der Waals surface area contributed by atoms with Crippen LogP contribution in [0.4, 0.5) is 4.39 Å². The van der Waals surface area contributed by atoms with Crippen molar-refractivity contribution in [3.8, 4) is 0 Å². The van der Waals surface area contributed by atoms with Gasteiger partial charge in [-0.05, 0) is 37.1 Å². The van der Waals surface area contributed by atoms with Gasteiger partial charge in [-0.25, -0.2) is 9.18 Å². The zero-order chi connectivity index (χ0) is 16.0. The number of carbonyl (C=O) groups is 3. The quantitative estimate of drug-likeness (QED) is 0.771. The van der Waals surface area contributed by atoms with E-state index in [-0.39, 0.29) is 18.4 Å². The third kappa shape index (κ3) is 5.21. The standard InChI is InChI=1S/C14H16FNO5/c1-8-5-9(7-10(15)6-8)13(18)16-11(14(19)20)3-4-12(17)21-2/h5-7,11H,3-4H2,1-2H3,(H,16,18)(H,19,20). The van der Waals surface area contributed by atoms with E-state index in [1.165, 1.54) is 19.2 Å². The van der Waals surface area contributed by atoms with Crippen LogP contribution in [0.25, 0.3) is 0 Å². The lowest BCUT2D eigenvalue weighted by atomic mass is 10.1. The predicted molar refractivity (Wildman–Crippen MR) is 71.3 cm³/mol. The fourth-order valence-electron chi connectivity index (χ4n) is 1.73. The number of aryl methyl sites for hydroxylation is 1. The first-order valence-electron chi connectivity index (χ1n) is 6.21. The Kier molecular flexibility index (Phi) is 5.83. The molecule has 0 spiro atoms. The third-order valence-corrected chi connectivity index (χ3v) is 2.77. The van der Waals surface area contributed by atoms with Crippen molar-refractivity contribution >= 4 is 17.8 Å². The van der Waals surface area contributed by atoms with Crippen molar-refractivity contribution in [3.63, 3.8) is 0 Å². The molecular weight excluding hydrogens is 281 g/mol. The van der Waals surface area contributed by atoms with Crippen LogP contribution in [0.5, 0.6) is 0 Å². The highest BCUT2D eigenvalue weighted by molar-refractivity contribution is 5.96. The van der Waals surface area contributed by atoms with Gasteiger partial charge < -0.3 is 15.2 Å². The minimum absolute atomic E-state index is 0.0248. The number of carbonyl (C=O) groups excluding carboxylic acids is 2. The molecule has 0 radical (unpaired) electrons. The van der Waals surface area contributed by atoms with Crippen LogP contribution in [-0.2, 0) is 14.3 Å². The molecule has 114 valence electrons. The molecule has 1 rings (SSSR count). The predicted octanol–water partition coefficient (Wildman–Crippen LogP) is 1.27. The number of hydrogen-bond acceptors (Lipinski definition) is 4. The second-order valence-electron chi connectivity index (χ2n) is 4.50. The molecule has 0 aliphatic carbocycles. The van der Waals surface area contributed by atoms with Crippen LogP contribution < -0.4 is 5.32 Å². The SMILES string of the molecule is COC(=O)CCC(NC(=O)c1cc(C)cc(F)c1)C(=O)O. The van der Waals surface area contributed by atoms with E-state index in [9.17, 15) is 18.8 Å². The van der Waals surface area contributed by atoms with Crippen LogP contribution >= 0.6 is 0 Å². The highest BCUT2D eigenvalue weighted by Crippen LogP contribution is 2.09. The molecule has 1 atom stereocenters. The van der Waals surface area contributed by atoms with E-state index in [1.54, 1.807) is 6.92 Å². The number of ether oxygens (including phenoxy) is 1. The minimum Gasteiger partial charge on any atom is -0.480 e. The summed E-state index contributed by atoms with van der Waals surface area (Å²) in [7, 11) is 1.19. The number of halogens is 1. The topological polar surface area (TPSA) is 92.7 Å². The van der Waals surface area contributed by atoms with Gasteiger partial charge in [-0.2, -0.15) is 0 Å². The number of carboxylic acid groups (broad SMARTS) is 1. The summed E-state index contributed by atoms with van der Waals surface area (Å²) in [6.07, 6.45) is -0.252. The molecular formula is C14H16FNO5. The summed E-state index contributed by atoms with van der Waals surface area (Å²) < 4.78 is 17.6. The number of hydrogen-bond donors (Lipinski definition) is 2. The van der Waals surface area contributed by atoms with Crippen molar-refractivity contribution < 1.29 is 28.6 Å². The number of benzene rings is 1. The lowest BCUT2D eigenvalue weighted by molar-refractivity contribution is -0.142. The van der Waals surface area contributed by atoms with Crippen molar-refractivity contribution in [1.29, 1.82) is 0 Å². The lowest BCUT2D eigenvalue weighted by Crippen LogP contribution is -2.41. The third-order valence-electron chi connectivity index (χ3n) is 2.77. The molecule has 1 unspecified atom stereocenters. The van der Waals surface area contributed by atoms with Crippen LogP contribution in [-0.4, -0.2) is 36.1 Å². The molecule has 1 amide bonds. The van der Waals surface area contributed by atoms with E-state index < -0.39 is 29.7 Å². The van der Waals surface area contributed by atoms with E-state index in [0.29, 0.717) is 5.56 Å². The smallest absolute Gasteiger partial charge is 0.326 e. The second kappa shape index (κ2) is 7.37. The van der Waals surface area contributed by atoms with Crippen molar-refractivity contribution in [3.05, 3.63) is 35.1 Å². The van der Waals surface area contributed by atoms with Gasteiger partial charge in [0.05, 0.1) is 7.11 Å². The molecule has 2 N–H and O–H groups in total. The fourth-order valence-corrected chi connectivity index (χ4v) is 1.73. The van der Waals surface area contributed by atoms with Gasteiger partial charge in [-0.3, -0.25) is 9.59 Å². The number of carboxylic acids is 1. The average molecular weight is 297 g/mol. The van der Waals surface area contributed by atoms with Gasteiger partial charge in [0.1, 0.15) is 11.9 Å². The maximum absolute atomic E-state index is 13.2. The molecule has 0 aliphatic heterocycles. The van der Waals surface area contributed by atoms with Crippen LogP contribution in [0, 0.1) is 12.7 Å². The molecule has 0 aromatic heterocycles. The summed E-state index contributed by atoms with van der Waals surface area (Å²) in [6, 6.07) is 2.46. The van der Waals surface area contributed by atoms with Gasteiger partial charge in [0.25, 0.3) is 5.91 Å².